The summed E-state index contributed by atoms with van der Waals surface area (Å²) in [5, 5.41) is 13.1. The molecule has 0 amide bonds. The molecular formula is C11H16N2O2. The van der Waals surface area contributed by atoms with Crippen molar-refractivity contribution in [1.29, 1.82) is 0 Å². The molecule has 1 aliphatic rings. The van der Waals surface area contributed by atoms with E-state index < -0.39 is 5.97 Å². The Balaban J connectivity index is 2.10. The topological polar surface area (TPSA) is 55.1 Å². The van der Waals surface area contributed by atoms with E-state index in [0.29, 0.717) is 5.92 Å². The van der Waals surface area contributed by atoms with Gasteiger partial charge >= 0.3 is 5.97 Å². The number of nitrogens with zero attached hydrogens (tertiary/aromatic N) is 2. The molecule has 1 heterocycles. The summed E-state index contributed by atoms with van der Waals surface area (Å²) in [6.45, 7) is 5.13. The van der Waals surface area contributed by atoms with Crippen LogP contribution >= 0.6 is 0 Å². The van der Waals surface area contributed by atoms with Crippen LogP contribution in [0.25, 0.3) is 0 Å². The zero-order chi connectivity index (χ0) is 11.0. The summed E-state index contributed by atoms with van der Waals surface area (Å²) in [4.78, 5) is 10.8. The van der Waals surface area contributed by atoms with Gasteiger partial charge in [0.1, 0.15) is 0 Å². The molecule has 15 heavy (non-hydrogen) atoms. The van der Waals surface area contributed by atoms with Gasteiger partial charge in [0, 0.05) is 24.4 Å². The average molecular weight is 208 g/mol. The molecule has 0 radical (unpaired) electrons. The van der Waals surface area contributed by atoms with Gasteiger partial charge in [0.05, 0.1) is 5.92 Å². The molecular weight excluding hydrogens is 192 g/mol. The van der Waals surface area contributed by atoms with Crippen molar-refractivity contribution < 1.29 is 9.90 Å². The summed E-state index contributed by atoms with van der Waals surface area (Å²) < 4.78 is 1.94. The van der Waals surface area contributed by atoms with E-state index in [9.17, 15) is 4.79 Å². The van der Waals surface area contributed by atoms with E-state index in [-0.39, 0.29) is 11.8 Å². The Morgan fingerprint density at radius 3 is 3.00 bits per heavy atom. The predicted octanol–water partition coefficient (Wildman–Crippen LogP) is 1.73. The van der Waals surface area contributed by atoms with Crippen LogP contribution in [0.15, 0.2) is 12.3 Å². The van der Waals surface area contributed by atoms with E-state index in [4.69, 9.17) is 5.11 Å². The number of hydrogen-bond acceptors (Lipinski definition) is 2. The fourth-order valence-electron chi connectivity index (χ4n) is 1.95. The largest absolute Gasteiger partial charge is 0.481 e. The van der Waals surface area contributed by atoms with Gasteiger partial charge in [-0.25, -0.2) is 0 Å². The van der Waals surface area contributed by atoms with Crippen molar-refractivity contribution in [3.05, 3.63) is 18.0 Å². The predicted molar refractivity (Wildman–Crippen MR) is 55.5 cm³/mol. The highest BCUT2D eigenvalue weighted by Gasteiger charge is 2.45. The third-order valence-electron chi connectivity index (χ3n) is 2.78. The molecule has 0 aliphatic heterocycles. The highest BCUT2D eigenvalue weighted by Crippen LogP contribution is 2.47. The summed E-state index contributed by atoms with van der Waals surface area (Å²) in [7, 11) is 0. The van der Waals surface area contributed by atoms with Crippen LogP contribution in [0.1, 0.15) is 31.9 Å². The molecule has 1 aromatic rings. The first-order valence-corrected chi connectivity index (χ1v) is 5.34. The molecule has 1 N–H and O–H groups in total. The van der Waals surface area contributed by atoms with E-state index in [1.165, 1.54) is 0 Å². The first-order valence-electron chi connectivity index (χ1n) is 5.34. The van der Waals surface area contributed by atoms with Gasteiger partial charge in [-0.05, 0) is 18.4 Å². The molecule has 82 valence electrons. The third-order valence-corrected chi connectivity index (χ3v) is 2.78. The molecule has 0 unspecified atom stereocenters. The summed E-state index contributed by atoms with van der Waals surface area (Å²) >= 11 is 0. The lowest BCUT2D eigenvalue weighted by molar-refractivity contribution is -0.138. The maximum Gasteiger partial charge on any atom is 0.307 e. The van der Waals surface area contributed by atoms with Gasteiger partial charge in [0.2, 0.25) is 0 Å². The van der Waals surface area contributed by atoms with Crippen LogP contribution in [-0.2, 0) is 11.3 Å². The Bertz CT molecular complexity index is 370. The second-order valence-electron chi connectivity index (χ2n) is 4.62. The molecule has 1 fully saturated rings. The molecule has 4 heteroatoms. The highest BCUT2D eigenvalue weighted by atomic mass is 16.4. The van der Waals surface area contributed by atoms with Crippen LogP contribution in [-0.4, -0.2) is 20.9 Å². The van der Waals surface area contributed by atoms with Crippen LogP contribution in [0.5, 0.6) is 0 Å². The number of carboxylic acid groups (broad SMARTS) is 1. The first-order chi connectivity index (χ1) is 7.09. The van der Waals surface area contributed by atoms with E-state index in [0.717, 1.165) is 18.7 Å². The van der Waals surface area contributed by atoms with Gasteiger partial charge in [-0.1, -0.05) is 13.8 Å². The van der Waals surface area contributed by atoms with Gasteiger partial charge in [-0.15, -0.1) is 0 Å². The Labute approximate surface area is 88.9 Å². The Kier molecular flexibility index (Phi) is 2.50. The minimum absolute atomic E-state index is 0.184. The fourth-order valence-corrected chi connectivity index (χ4v) is 1.95. The van der Waals surface area contributed by atoms with Crippen molar-refractivity contribution in [3.63, 3.8) is 0 Å². The number of rotatable bonds is 4. The van der Waals surface area contributed by atoms with E-state index in [1.54, 1.807) is 6.20 Å². The lowest BCUT2D eigenvalue weighted by atomic mass is 10.2. The van der Waals surface area contributed by atoms with Gasteiger partial charge in [0.25, 0.3) is 0 Å². The number of carboxylic acids is 1. The van der Waals surface area contributed by atoms with Crippen molar-refractivity contribution in [2.75, 3.05) is 0 Å². The SMILES string of the molecule is CC(C)Cn1nccc1[C@H]1C[C@@H]1C(=O)O. The molecule has 1 saturated carbocycles. The third kappa shape index (κ3) is 2.03. The Hall–Kier alpha value is -1.32. The standard InChI is InChI=1S/C11H16N2O2/c1-7(2)6-13-10(3-4-12-13)8-5-9(8)11(14)15/h3-4,7-9H,5-6H2,1-2H3,(H,14,15)/t8-,9-/m0/s1. The number of aliphatic carboxylic acids is 1. The molecule has 0 bridgehead atoms. The van der Waals surface area contributed by atoms with Crippen molar-refractivity contribution >= 4 is 5.97 Å². The van der Waals surface area contributed by atoms with Crippen molar-refractivity contribution in [1.82, 2.24) is 9.78 Å². The molecule has 1 aromatic heterocycles. The van der Waals surface area contributed by atoms with Crippen molar-refractivity contribution in [3.8, 4) is 0 Å². The summed E-state index contributed by atoms with van der Waals surface area (Å²) in [5.74, 6) is -0.153. The lowest BCUT2D eigenvalue weighted by Gasteiger charge is -2.09. The summed E-state index contributed by atoms with van der Waals surface area (Å²) in [6.07, 6.45) is 2.52. The van der Waals surface area contributed by atoms with Crippen LogP contribution in [0, 0.1) is 11.8 Å². The molecule has 1 aliphatic carbocycles. The van der Waals surface area contributed by atoms with E-state index >= 15 is 0 Å². The first kappa shape index (κ1) is 10.2. The zero-order valence-corrected chi connectivity index (χ0v) is 9.05. The number of carbonyl (C=O) groups is 1. The minimum atomic E-state index is -0.683. The summed E-state index contributed by atoms with van der Waals surface area (Å²) in [6, 6.07) is 1.94. The lowest BCUT2D eigenvalue weighted by Crippen LogP contribution is -2.10. The second kappa shape index (κ2) is 3.68. The number of hydrogen-bond donors (Lipinski definition) is 1. The van der Waals surface area contributed by atoms with E-state index in [2.05, 4.69) is 18.9 Å². The van der Waals surface area contributed by atoms with Crippen molar-refractivity contribution in [2.24, 2.45) is 11.8 Å². The zero-order valence-electron chi connectivity index (χ0n) is 9.05. The minimum Gasteiger partial charge on any atom is -0.481 e. The maximum atomic E-state index is 10.8. The Morgan fingerprint density at radius 1 is 1.73 bits per heavy atom. The monoisotopic (exact) mass is 208 g/mol. The highest BCUT2D eigenvalue weighted by molar-refractivity contribution is 5.75. The maximum absolute atomic E-state index is 10.8. The van der Waals surface area contributed by atoms with E-state index in [1.807, 2.05) is 10.7 Å². The van der Waals surface area contributed by atoms with Gasteiger partial charge < -0.3 is 5.11 Å². The second-order valence-corrected chi connectivity index (χ2v) is 4.62. The molecule has 0 aromatic carbocycles. The Morgan fingerprint density at radius 2 is 2.47 bits per heavy atom. The molecule has 2 atom stereocenters. The summed E-state index contributed by atoms with van der Waals surface area (Å²) in [5.41, 5.74) is 1.08. The fraction of sp³-hybridized carbons (Fsp3) is 0.636. The average Bonchev–Trinajstić information content (AvgIpc) is 2.81. The smallest absolute Gasteiger partial charge is 0.307 e. The molecule has 4 nitrogen and oxygen atoms in total. The van der Waals surface area contributed by atoms with Gasteiger partial charge in [0.15, 0.2) is 0 Å². The number of aromatic nitrogens is 2. The molecule has 0 spiro atoms. The normalized spacial score (nSPS) is 24.5. The van der Waals surface area contributed by atoms with Crippen LogP contribution < -0.4 is 0 Å². The quantitative estimate of drug-likeness (QED) is 0.819. The van der Waals surface area contributed by atoms with Crippen LogP contribution in [0.4, 0.5) is 0 Å². The van der Waals surface area contributed by atoms with Crippen LogP contribution in [0.3, 0.4) is 0 Å². The molecule has 2 rings (SSSR count). The van der Waals surface area contributed by atoms with Crippen molar-refractivity contribution in [2.45, 2.75) is 32.7 Å². The molecule has 0 saturated heterocycles. The van der Waals surface area contributed by atoms with Crippen LogP contribution in [0.2, 0.25) is 0 Å². The van der Waals surface area contributed by atoms with Gasteiger partial charge in [-0.3, -0.25) is 9.48 Å². The van der Waals surface area contributed by atoms with Gasteiger partial charge in [-0.2, -0.15) is 5.10 Å².